The maximum absolute atomic E-state index is 12.7. The van der Waals surface area contributed by atoms with Gasteiger partial charge in [0, 0.05) is 27.6 Å². The van der Waals surface area contributed by atoms with Crippen LogP contribution in [-0.2, 0) is 12.3 Å². The van der Waals surface area contributed by atoms with Gasteiger partial charge in [0.1, 0.15) is 5.75 Å². The summed E-state index contributed by atoms with van der Waals surface area (Å²) in [6, 6.07) is 14.3. The largest absolute Gasteiger partial charge is 0.497 e. The first-order chi connectivity index (χ1) is 13.0. The van der Waals surface area contributed by atoms with Gasteiger partial charge in [0.15, 0.2) is 0 Å². The normalized spacial score (nSPS) is 12.3. The fourth-order valence-electron chi connectivity index (χ4n) is 3.36. The molecule has 0 radical (unpaired) electrons. The van der Waals surface area contributed by atoms with E-state index in [1.165, 1.54) is 32.0 Å². The van der Waals surface area contributed by atoms with Gasteiger partial charge in [-0.05, 0) is 60.4 Å². The molecule has 0 spiro atoms. The number of rotatable bonds is 4. The number of thiophene rings is 1. The number of carbonyl (C=O) groups is 1. The highest BCUT2D eigenvalue weighted by molar-refractivity contribution is 7.98. The van der Waals surface area contributed by atoms with E-state index in [2.05, 4.69) is 37.4 Å². The summed E-state index contributed by atoms with van der Waals surface area (Å²) in [7, 11) is 1.65. The third-order valence-electron chi connectivity index (χ3n) is 4.70. The van der Waals surface area contributed by atoms with Crippen molar-refractivity contribution in [2.75, 3.05) is 7.11 Å². The molecule has 0 bridgehead atoms. The van der Waals surface area contributed by atoms with Gasteiger partial charge < -0.3 is 10.1 Å². The quantitative estimate of drug-likeness (QED) is 0.627. The standard InChI is InChI=1S/C22H21NO2S2/c1-13-8-14(2)20-18(9-13)26-12-16-10-19(27-21(16)20)22(24)23-11-15-4-6-17(25-3)7-5-15/h4-10H,11-12H2,1-3H3,(H,23,24). The number of amides is 1. The van der Waals surface area contributed by atoms with Gasteiger partial charge >= 0.3 is 0 Å². The predicted octanol–water partition coefficient (Wildman–Crippen LogP) is 5.58. The minimum absolute atomic E-state index is 0.0125. The molecule has 0 saturated heterocycles. The van der Waals surface area contributed by atoms with Crippen LogP contribution >= 0.6 is 23.1 Å². The van der Waals surface area contributed by atoms with E-state index in [9.17, 15) is 4.79 Å². The lowest BCUT2D eigenvalue weighted by molar-refractivity contribution is 0.0955. The third kappa shape index (κ3) is 3.62. The second kappa shape index (κ2) is 7.41. The van der Waals surface area contributed by atoms with E-state index in [0.29, 0.717) is 6.54 Å². The summed E-state index contributed by atoms with van der Waals surface area (Å²) in [6.07, 6.45) is 0. The van der Waals surface area contributed by atoms with Crippen LogP contribution in [0.3, 0.4) is 0 Å². The van der Waals surface area contributed by atoms with Crippen molar-refractivity contribution in [1.82, 2.24) is 5.32 Å². The number of methoxy groups -OCH3 is 1. The van der Waals surface area contributed by atoms with Crippen LogP contribution in [0.15, 0.2) is 47.4 Å². The number of hydrogen-bond acceptors (Lipinski definition) is 4. The molecule has 0 atom stereocenters. The van der Waals surface area contributed by atoms with Crippen LogP contribution in [0.5, 0.6) is 5.75 Å². The molecule has 1 N–H and O–H groups in total. The van der Waals surface area contributed by atoms with Gasteiger partial charge in [-0.1, -0.05) is 18.2 Å². The Morgan fingerprint density at radius 2 is 1.93 bits per heavy atom. The van der Waals surface area contributed by atoms with Crippen LogP contribution < -0.4 is 10.1 Å². The molecule has 0 saturated carbocycles. The van der Waals surface area contributed by atoms with E-state index in [-0.39, 0.29) is 5.91 Å². The van der Waals surface area contributed by atoms with Crippen molar-refractivity contribution in [2.24, 2.45) is 0 Å². The van der Waals surface area contributed by atoms with Gasteiger partial charge in [-0.25, -0.2) is 0 Å². The van der Waals surface area contributed by atoms with Crippen LogP contribution in [0.1, 0.15) is 31.9 Å². The van der Waals surface area contributed by atoms with Crippen LogP contribution in [0, 0.1) is 13.8 Å². The summed E-state index contributed by atoms with van der Waals surface area (Å²) in [5.74, 6) is 1.73. The Balaban J connectivity index is 1.54. The molecule has 0 aliphatic carbocycles. The Labute approximate surface area is 167 Å². The number of hydrogen-bond donors (Lipinski definition) is 1. The minimum Gasteiger partial charge on any atom is -0.497 e. The van der Waals surface area contributed by atoms with E-state index in [1.54, 1.807) is 18.4 Å². The zero-order chi connectivity index (χ0) is 19.0. The molecule has 1 aromatic heterocycles. The summed E-state index contributed by atoms with van der Waals surface area (Å²) in [5.41, 5.74) is 6.18. The van der Waals surface area contributed by atoms with Crippen LogP contribution in [-0.4, -0.2) is 13.0 Å². The molecule has 0 unspecified atom stereocenters. The Bertz CT molecular complexity index is 1010. The van der Waals surface area contributed by atoms with Gasteiger partial charge in [0.05, 0.1) is 12.0 Å². The van der Waals surface area contributed by atoms with Gasteiger partial charge in [-0.2, -0.15) is 0 Å². The molecule has 0 fully saturated rings. The van der Waals surface area contributed by atoms with E-state index < -0.39 is 0 Å². The summed E-state index contributed by atoms with van der Waals surface area (Å²) in [4.78, 5) is 16.0. The van der Waals surface area contributed by atoms with Gasteiger partial charge in [-0.15, -0.1) is 23.1 Å². The summed E-state index contributed by atoms with van der Waals surface area (Å²) in [6.45, 7) is 4.80. The smallest absolute Gasteiger partial charge is 0.261 e. The highest BCUT2D eigenvalue weighted by Crippen LogP contribution is 2.47. The van der Waals surface area contributed by atoms with Gasteiger partial charge in [0.2, 0.25) is 0 Å². The van der Waals surface area contributed by atoms with Crippen molar-refractivity contribution >= 4 is 29.0 Å². The predicted molar refractivity (Wildman–Crippen MR) is 113 cm³/mol. The number of carbonyl (C=O) groups excluding carboxylic acids is 1. The molecule has 4 rings (SSSR count). The molecule has 2 heterocycles. The monoisotopic (exact) mass is 395 g/mol. The molecule has 3 nitrogen and oxygen atoms in total. The van der Waals surface area contributed by atoms with Crippen LogP contribution in [0.25, 0.3) is 10.4 Å². The Morgan fingerprint density at radius 3 is 2.67 bits per heavy atom. The van der Waals surface area contributed by atoms with Crippen molar-refractivity contribution < 1.29 is 9.53 Å². The first kappa shape index (κ1) is 18.1. The number of ether oxygens (including phenoxy) is 1. The molecule has 1 aliphatic rings. The summed E-state index contributed by atoms with van der Waals surface area (Å²) >= 11 is 3.46. The van der Waals surface area contributed by atoms with Crippen LogP contribution in [0.4, 0.5) is 0 Å². The third-order valence-corrected chi connectivity index (χ3v) is 6.98. The molecule has 1 amide bonds. The maximum Gasteiger partial charge on any atom is 0.261 e. The lowest BCUT2D eigenvalue weighted by Gasteiger charge is -2.18. The Kier molecular flexibility index (Phi) is 4.98. The Morgan fingerprint density at radius 1 is 1.15 bits per heavy atom. The van der Waals surface area contributed by atoms with Crippen molar-refractivity contribution in [3.05, 3.63) is 69.6 Å². The van der Waals surface area contributed by atoms with Gasteiger partial charge in [-0.3, -0.25) is 4.79 Å². The minimum atomic E-state index is -0.0125. The molecule has 138 valence electrons. The van der Waals surface area contributed by atoms with E-state index >= 15 is 0 Å². The lowest BCUT2D eigenvalue weighted by Crippen LogP contribution is -2.21. The van der Waals surface area contributed by atoms with Gasteiger partial charge in [0.25, 0.3) is 5.91 Å². The van der Waals surface area contributed by atoms with E-state index in [0.717, 1.165) is 21.9 Å². The summed E-state index contributed by atoms with van der Waals surface area (Å²) in [5, 5.41) is 3.03. The van der Waals surface area contributed by atoms with Crippen molar-refractivity contribution in [1.29, 1.82) is 0 Å². The number of fused-ring (bicyclic) bond motifs is 3. The average molecular weight is 396 g/mol. The highest BCUT2D eigenvalue weighted by Gasteiger charge is 2.23. The molecule has 5 heteroatoms. The number of nitrogens with one attached hydrogen (secondary N) is 1. The Hall–Kier alpha value is -2.24. The maximum atomic E-state index is 12.7. The molecule has 3 aromatic rings. The molecular weight excluding hydrogens is 374 g/mol. The highest BCUT2D eigenvalue weighted by atomic mass is 32.2. The van der Waals surface area contributed by atoms with E-state index in [1.807, 2.05) is 36.0 Å². The second-order valence-electron chi connectivity index (χ2n) is 6.74. The first-order valence-electron chi connectivity index (χ1n) is 8.83. The number of benzene rings is 2. The zero-order valence-corrected chi connectivity index (χ0v) is 17.2. The number of thioether (sulfide) groups is 1. The average Bonchev–Trinajstić information content (AvgIpc) is 3.10. The summed E-state index contributed by atoms with van der Waals surface area (Å²) < 4.78 is 5.17. The lowest BCUT2D eigenvalue weighted by atomic mass is 10.0. The first-order valence-corrected chi connectivity index (χ1v) is 10.6. The number of aryl methyl sites for hydroxylation is 2. The second-order valence-corrected chi connectivity index (χ2v) is 8.81. The fraction of sp³-hybridized carbons (Fsp3) is 0.227. The topological polar surface area (TPSA) is 38.3 Å². The molecular formula is C22H21NO2S2. The molecule has 27 heavy (non-hydrogen) atoms. The van der Waals surface area contributed by atoms with Crippen LogP contribution in [0.2, 0.25) is 0 Å². The van der Waals surface area contributed by atoms with Crippen molar-refractivity contribution in [2.45, 2.75) is 31.0 Å². The molecule has 2 aromatic carbocycles. The SMILES string of the molecule is COc1ccc(CNC(=O)c2cc3c(s2)-c2c(C)cc(C)cc2SC3)cc1. The fourth-order valence-corrected chi connectivity index (χ4v) is 5.95. The van der Waals surface area contributed by atoms with E-state index in [4.69, 9.17) is 4.74 Å². The zero-order valence-electron chi connectivity index (χ0n) is 15.6. The van der Waals surface area contributed by atoms with Crippen molar-refractivity contribution in [3.8, 4) is 16.2 Å². The van der Waals surface area contributed by atoms with Crippen molar-refractivity contribution in [3.63, 3.8) is 0 Å². The molecule has 1 aliphatic heterocycles.